The summed E-state index contributed by atoms with van der Waals surface area (Å²) in [5.41, 5.74) is 0. The molecular weight excluding hydrogens is 400 g/mol. The third kappa shape index (κ3) is 12.0. The topological polar surface area (TPSA) is 55.4 Å². The molecular formula is C18H42O6SSi2. The normalized spacial score (nSPS) is 12.7. The van der Waals surface area contributed by atoms with Crippen molar-refractivity contribution >= 4 is 29.4 Å². The SMILES string of the molecule is CCO[Si](CCCSCCC[Si](OCC)(OCC)OCC)(OCC)OCC. The molecule has 0 spiro atoms. The summed E-state index contributed by atoms with van der Waals surface area (Å²) in [4.78, 5) is 0. The maximum Gasteiger partial charge on any atom is 0.500 e. The first kappa shape index (κ1) is 27.5. The van der Waals surface area contributed by atoms with Crippen LogP contribution in [0.5, 0.6) is 0 Å². The number of rotatable bonds is 20. The Balaban J connectivity index is 4.24. The van der Waals surface area contributed by atoms with Gasteiger partial charge in [-0.15, -0.1) is 0 Å². The lowest BCUT2D eigenvalue weighted by atomic mass is 10.6. The molecule has 164 valence electrons. The van der Waals surface area contributed by atoms with Gasteiger partial charge in [-0.3, -0.25) is 0 Å². The molecule has 0 fully saturated rings. The predicted octanol–water partition coefficient (Wildman–Crippen LogP) is 4.60. The summed E-state index contributed by atoms with van der Waals surface area (Å²) in [5.74, 6) is 2.16. The molecule has 0 unspecified atom stereocenters. The van der Waals surface area contributed by atoms with Crippen LogP contribution in [0.15, 0.2) is 0 Å². The second kappa shape index (κ2) is 17.4. The van der Waals surface area contributed by atoms with Gasteiger partial charge in [0.25, 0.3) is 0 Å². The lowest BCUT2D eigenvalue weighted by molar-refractivity contribution is 0.0705. The van der Waals surface area contributed by atoms with E-state index in [0.717, 1.165) is 36.4 Å². The molecule has 0 aliphatic rings. The van der Waals surface area contributed by atoms with Crippen molar-refractivity contribution < 1.29 is 26.6 Å². The second-order valence-electron chi connectivity index (χ2n) is 5.78. The van der Waals surface area contributed by atoms with E-state index in [1.807, 2.05) is 53.3 Å². The smallest absolute Gasteiger partial charge is 0.374 e. The van der Waals surface area contributed by atoms with E-state index in [1.165, 1.54) is 0 Å². The largest absolute Gasteiger partial charge is 0.500 e. The van der Waals surface area contributed by atoms with Crippen LogP contribution in [0, 0.1) is 0 Å². The van der Waals surface area contributed by atoms with E-state index in [9.17, 15) is 0 Å². The fraction of sp³-hybridized carbons (Fsp3) is 1.00. The summed E-state index contributed by atoms with van der Waals surface area (Å²) >= 11 is 1.95. The number of hydrogen-bond acceptors (Lipinski definition) is 7. The second-order valence-corrected chi connectivity index (χ2v) is 12.5. The van der Waals surface area contributed by atoms with Crippen molar-refractivity contribution in [1.29, 1.82) is 0 Å². The third-order valence-electron chi connectivity index (χ3n) is 3.73. The lowest BCUT2D eigenvalue weighted by Gasteiger charge is -2.28. The lowest BCUT2D eigenvalue weighted by Crippen LogP contribution is -2.46. The van der Waals surface area contributed by atoms with Crippen molar-refractivity contribution in [3.63, 3.8) is 0 Å². The fourth-order valence-corrected chi connectivity index (χ4v) is 9.52. The van der Waals surface area contributed by atoms with Crippen molar-refractivity contribution in [1.82, 2.24) is 0 Å². The van der Waals surface area contributed by atoms with E-state index >= 15 is 0 Å². The van der Waals surface area contributed by atoms with Gasteiger partial charge in [-0.05, 0) is 65.9 Å². The van der Waals surface area contributed by atoms with Crippen molar-refractivity contribution in [2.75, 3.05) is 51.1 Å². The van der Waals surface area contributed by atoms with E-state index in [4.69, 9.17) is 26.6 Å². The summed E-state index contributed by atoms with van der Waals surface area (Å²) < 4.78 is 35.4. The van der Waals surface area contributed by atoms with Gasteiger partial charge in [0.1, 0.15) is 0 Å². The third-order valence-corrected chi connectivity index (χ3v) is 11.2. The molecule has 0 aromatic carbocycles. The zero-order valence-corrected chi connectivity index (χ0v) is 21.2. The maximum atomic E-state index is 5.90. The van der Waals surface area contributed by atoms with Gasteiger partial charge < -0.3 is 26.6 Å². The maximum absolute atomic E-state index is 5.90. The number of thioether (sulfide) groups is 1. The molecule has 0 aliphatic heterocycles. The summed E-state index contributed by atoms with van der Waals surface area (Å²) in [6.07, 6.45) is 2.09. The highest BCUT2D eigenvalue weighted by Crippen LogP contribution is 2.22. The molecule has 9 heteroatoms. The van der Waals surface area contributed by atoms with E-state index in [-0.39, 0.29) is 0 Å². The van der Waals surface area contributed by atoms with Gasteiger partial charge in [0, 0.05) is 51.7 Å². The van der Waals surface area contributed by atoms with E-state index < -0.39 is 17.6 Å². The highest BCUT2D eigenvalue weighted by Gasteiger charge is 2.40. The average molecular weight is 443 g/mol. The first-order valence-electron chi connectivity index (χ1n) is 10.5. The van der Waals surface area contributed by atoms with Crippen LogP contribution in [-0.2, 0) is 26.6 Å². The van der Waals surface area contributed by atoms with Crippen molar-refractivity contribution in [2.45, 2.75) is 66.5 Å². The Morgan fingerprint density at radius 3 is 0.963 bits per heavy atom. The van der Waals surface area contributed by atoms with Crippen LogP contribution in [0.2, 0.25) is 12.1 Å². The molecule has 0 amide bonds. The van der Waals surface area contributed by atoms with Gasteiger partial charge in [-0.2, -0.15) is 11.8 Å². The molecule has 0 saturated heterocycles. The van der Waals surface area contributed by atoms with E-state index in [2.05, 4.69) is 0 Å². The minimum Gasteiger partial charge on any atom is -0.374 e. The van der Waals surface area contributed by atoms with Crippen LogP contribution < -0.4 is 0 Å². The van der Waals surface area contributed by atoms with E-state index in [0.29, 0.717) is 39.6 Å². The van der Waals surface area contributed by atoms with Crippen LogP contribution in [0.25, 0.3) is 0 Å². The molecule has 0 bridgehead atoms. The van der Waals surface area contributed by atoms with Gasteiger partial charge in [-0.1, -0.05) is 0 Å². The van der Waals surface area contributed by atoms with Crippen molar-refractivity contribution in [2.24, 2.45) is 0 Å². The van der Waals surface area contributed by atoms with Crippen molar-refractivity contribution in [3.8, 4) is 0 Å². The quantitative estimate of drug-likeness (QED) is 0.202. The summed E-state index contributed by atoms with van der Waals surface area (Å²) in [7, 11) is -4.99. The molecule has 27 heavy (non-hydrogen) atoms. The van der Waals surface area contributed by atoms with Crippen LogP contribution in [-0.4, -0.2) is 68.8 Å². The minimum atomic E-state index is -2.49. The van der Waals surface area contributed by atoms with Gasteiger partial charge >= 0.3 is 17.6 Å². The molecule has 0 rings (SSSR count). The van der Waals surface area contributed by atoms with Gasteiger partial charge in [0.2, 0.25) is 0 Å². The number of hydrogen-bond donors (Lipinski definition) is 0. The monoisotopic (exact) mass is 442 g/mol. The molecule has 0 heterocycles. The average Bonchev–Trinajstić information content (AvgIpc) is 2.62. The Kier molecular flexibility index (Phi) is 17.8. The van der Waals surface area contributed by atoms with Crippen molar-refractivity contribution in [3.05, 3.63) is 0 Å². The zero-order chi connectivity index (χ0) is 20.4. The molecule has 0 aromatic rings. The standard InChI is InChI=1S/C18H42O6SSi2/c1-7-19-26(20-8-2,21-9-3)17-13-15-25-16-14-18-27(22-10-4,23-11-5)24-12-6/h7-18H2,1-6H3. The molecule has 0 radical (unpaired) electrons. The zero-order valence-electron chi connectivity index (χ0n) is 18.3. The van der Waals surface area contributed by atoms with Crippen LogP contribution in [0.1, 0.15) is 54.4 Å². The van der Waals surface area contributed by atoms with Crippen LogP contribution in [0.4, 0.5) is 0 Å². The summed E-state index contributed by atoms with van der Waals surface area (Å²) in [6.45, 7) is 15.8. The van der Waals surface area contributed by atoms with Gasteiger partial charge in [0.05, 0.1) is 0 Å². The summed E-state index contributed by atoms with van der Waals surface area (Å²) in [6, 6.07) is 1.76. The molecule has 6 nitrogen and oxygen atoms in total. The minimum absolute atomic E-state index is 0.637. The fourth-order valence-electron chi connectivity index (χ4n) is 2.89. The Morgan fingerprint density at radius 2 is 0.741 bits per heavy atom. The Hall–Kier alpha value is 0.544. The molecule has 0 atom stereocenters. The highest BCUT2D eigenvalue weighted by atomic mass is 32.2. The van der Waals surface area contributed by atoms with Crippen LogP contribution in [0.3, 0.4) is 0 Å². The Labute approximate surface area is 173 Å². The Bertz CT molecular complexity index is 275. The first-order valence-corrected chi connectivity index (χ1v) is 15.5. The Morgan fingerprint density at radius 1 is 0.481 bits per heavy atom. The van der Waals surface area contributed by atoms with Gasteiger partial charge in [0.15, 0.2) is 0 Å². The molecule has 0 aromatic heterocycles. The van der Waals surface area contributed by atoms with E-state index in [1.54, 1.807) is 0 Å². The predicted molar refractivity (Wildman–Crippen MR) is 117 cm³/mol. The van der Waals surface area contributed by atoms with Crippen LogP contribution >= 0.6 is 11.8 Å². The van der Waals surface area contributed by atoms with Gasteiger partial charge in [-0.25, -0.2) is 0 Å². The highest BCUT2D eigenvalue weighted by molar-refractivity contribution is 7.99. The molecule has 0 aliphatic carbocycles. The first-order chi connectivity index (χ1) is 13.1. The molecule has 0 N–H and O–H groups in total. The summed E-state index contributed by atoms with van der Waals surface area (Å²) in [5, 5.41) is 0. The molecule has 0 saturated carbocycles.